The Morgan fingerprint density at radius 1 is 1.33 bits per heavy atom. The number of imidazole rings is 1. The summed E-state index contributed by atoms with van der Waals surface area (Å²) >= 11 is 0. The Kier molecular flexibility index (Phi) is 2.29. The molecule has 3 heteroatoms. The van der Waals surface area contributed by atoms with E-state index in [0.717, 1.165) is 22.6 Å². The van der Waals surface area contributed by atoms with Gasteiger partial charge in [-0.3, -0.25) is 0 Å². The van der Waals surface area contributed by atoms with Crippen molar-refractivity contribution in [1.82, 2.24) is 9.97 Å². The van der Waals surface area contributed by atoms with Crippen LogP contribution in [0.4, 0.5) is 0 Å². The normalized spacial score (nSPS) is 10.2. The molecule has 0 saturated heterocycles. The van der Waals surface area contributed by atoms with Gasteiger partial charge in [0.15, 0.2) is 0 Å². The van der Waals surface area contributed by atoms with Crippen LogP contribution in [0.15, 0.2) is 37.0 Å². The fourth-order valence-electron chi connectivity index (χ4n) is 1.40. The van der Waals surface area contributed by atoms with Gasteiger partial charge in [0.1, 0.15) is 11.6 Å². The first kappa shape index (κ1) is 9.52. The Balaban J connectivity index is 2.35. The predicted octanol–water partition coefficient (Wildman–Crippen LogP) is 2.91. The zero-order valence-electron chi connectivity index (χ0n) is 8.49. The van der Waals surface area contributed by atoms with Gasteiger partial charge in [0.2, 0.25) is 0 Å². The lowest BCUT2D eigenvalue weighted by Gasteiger charge is -1.99. The molecule has 0 saturated carbocycles. The molecule has 0 aliphatic carbocycles. The molecule has 0 aliphatic rings. The quantitative estimate of drug-likeness (QED) is 0.732. The molecule has 2 aromatic rings. The summed E-state index contributed by atoms with van der Waals surface area (Å²) in [7, 11) is 0. The third-order valence-electron chi connectivity index (χ3n) is 2.22. The third kappa shape index (κ3) is 1.91. The molecule has 3 nitrogen and oxygen atoms in total. The fourth-order valence-corrected chi connectivity index (χ4v) is 1.40. The van der Waals surface area contributed by atoms with Crippen LogP contribution in [0.1, 0.15) is 11.4 Å². The maximum atomic E-state index is 9.17. The third-order valence-corrected chi connectivity index (χ3v) is 2.22. The largest absolute Gasteiger partial charge is 0.508 e. The molecule has 0 fully saturated rings. The van der Waals surface area contributed by atoms with Crippen LogP contribution in [0.5, 0.6) is 0 Å². The molecular weight excluding hydrogens is 188 g/mol. The van der Waals surface area contributed by atoms with E-state index in [1.165, 1.54) is 0 Å². The average molecular weight is 200 g/mol. The highest BCUT2D eigenvalue weighted by molar-refractivity contribution is 5.64. The van der Waals surface area contributed by atoms with Crippen molar-refractivity contribution in [3.05, 3.63) is 48.4 Å². The molecule has 2 N–H and O–H groups in total. The van der Waals surface area contributed by atoms with Crippen LogP contribution in [0.2, 0.25) is 0 Å². The second kappa shape index (κ2) is 3.61. The smallest absolute Gasteiger partial charge is 0.115 e. The minimum Gasteiger partial charge on any atom is -0.508 e. The van der Waals surface area contributed by atoms with E-state index in [1.807, 2.05) is 37.4 Å². The maximum Gasteiger partial charge on any atom is 0.115 e. The molecule has 0 aliphatic heterocycles. The van der Waals surface area contributed by atoms with Crippen molar-refractivity contribution >= 4 is 5.76 Å². The van der Waals surface area contributed by atoms with Gasteiger partial charge in [0.25, 0.3) is 0 Å². The minimum atomic E-state index is 0.0831. The Morgan fingerprint density at radius 2 is 2.00 bits per heavy atom. The first-order valence-electron chi connectivity index (χ1n) is 4.67. The van der Waals surface area contributed by atoms with Crippen LogP contribution >= 0.6 is 0 Å². The second-order valence-electron chi connectivity index (χ2n) is 3.40. The van der Waals surface area contributed by atoms with Gasteiger partial charge in [-0.05, 0) is 6.92 Å². The number of H-pyrrole nitrogens is 1. The topological polar surface area (TPSA) is 48.9 Å². The number of hydrogen-bond acceptors (Lipinski definition) is 2. The van der Waals surface area contributed by atoms with Gasteiger partial charge in [-0.15, -0.1) is 0 Å². The van der Waals surface area contributed by atoms with Gasteiger partial charge in [0, 0.05) is 17.3 Å². The van der Waals surface area contributed by atoms with Crippen LogP contribution in [0, 0.1) is 6.92 Å². The van der Waals surface area contributed by atoms with E-state index in [-0.39, 0.29) is 5.76 Å². The molecule has 1 aromatic carbocycles. The number of nitrogens with zero attached hydrogens (tertiary/aromatic N) is 1. The summed E-state index contributed by atoms with van der Waals surface area (Å²) in [6.45, 7) is 5.38. The number of benzene rings is 1. The van der Waals surface area contributed by atoms with Crippen molar-refractivity contribution in [3.8, 4) is 11.3 Å². The van der Waals surface area contributed by atoms with E-state index < -0.39 is 0 Å². The predicted molar refractivity (Wildman–Crippen MR) is 60.4 cm³/mol. The number of aliphatic hydroxyl groups is 1. The number of aryl methyl sites for hydroxylation is 1. The number of nitrogens with one attached hydrogen (secondary N) is 1. The van der Waals surface area contributed by atoms with Gasteiger partial charge < -0.3 is 10.1 Å². The first-order chi connectivity index (χ1) is 7.16. The van der Waals surface area contributed by atoms with Gasteiger partial charge in [-0.2, -0.15) is 0 Å². The Labute approximate surface area is 88.1 Å². The lowest BCUT2D eigenvalue weighted by atomic mass is 10.1. The van der Waals surface area contributed by atoms with Crippen LogP contribution in [-0.2, 0) is 0 Å². The van der Waals surface area contributed by atoms with E-state index in [0.29, 0.717) is 0 Å². The van der Waals surface area contributed by atoms with E-state index in [2.05, 4.69) is 16.5 Å². The molecule has 0 bridgehead atoms. The molecule has 0 spiro atoms. The monoisotopic (exact) mass is 200 g/mol. The second-order valence-corrected chi connectivity index (χ2v) is 3.40. The summed E-state index contributed by atoms with van der Waals surface area (Å²) in [6.07, 6.45) is 1.86. The lowest BCUT2D eigenvalue weighted by Crippen LogP contribution is -1.82. The van der Waals surface area contributed by atoms with Crippen molar-refractivity contribution in [2.45, 2.75) is 6.92 Å². The van der Waals surface area contributed by atoms with Gasteiger partial charge >= 0.3 is 0 Å². The summed E-state index contributed by atoms with van der Waals surface area (Å²) < 4.78 is 0. The van der Waals surface area contributed by atoms with Crippen molar-refractivity contribution in [2.24, 2.45) is 0 Å². The van der Waals surface area contributed by atoms with Crippen molar-refractivity contribution < 1.29 is 5.11 Å². The SMILES string of the molecule is C=C(O)c1ccc(-c2c[nH]c(C)n2)cc1. The highest BCUT2D eigenvalue weighted by Crippen LogP contribution is 2.19. The number of aromatic amines is 1. The summed E-state index contributed by atoms with van der Waals surface area (Å²) in [6, 6.07) is 7.46. The number of aromatic nitrogens is 2. The molecule has 0 amide bonds. The maximum absolute atomic E-state index is 9.17. The highest BCUT2D eigenvalue weighted by Gasteiger charge is 2.02. The lowest BCUT2D eigenvalue weighted by molar-refractivity contribution is 0.514. The first-order valence-corrected chi connectivity index (χ1v) is 4.67. The van der Waals surface area contributed by atoms with Crippen molar-refractivity contribution in [1.29, 1.82) is 0 Å². The van der Waals surface area contributed by atoms with Gasteiger partial charge in [0.05, 0.1) is 5.69 Å². The van der Waals surface area contributed by atoms with Crippen LogP contribution < -0.4 is 0 Å². The fraction of sp³-hybridized carbons (Fsp3) is 0.0833. The van der Waals surface area contributed by atoms with Gasteiger partial charge in [-0.25, -0.2) is 4.98 Å². The van der Waals surface area contributed by atoms with Crippen molar-refractivity contribution in [2.75, 3.05) is 0 Å². The molecule has 1 aromatic heterocycles. The summed E-state index contributed by atoms with van der Waals surface area (Å²) in [5.41, 5.74) is 2.65. The van der Waals surface area contributed by atoms with E-state index in [4.69, 9.17) is 0 Å². The van der Waals surface area contributed by atoms with E-state index in [1.54, 1.807) is 0 Å². The van der Waals surface area contributed by atoms with Crippen LogP contribution in [-0.4, -0.2) is 15.1 Å². The molecule has 76 valence electrons. The van der Waals surface area contributed by atoms with E-state index in [9.17, 15) is 5.11 Å². The molecule has 0 unspecified atom stereocenters. The van der Waals surface area contributed by atoms with Crippen molar-refractivity contribution in [3.63, 3.8) is 0 Å². The number of rotatable bonds is 2. The molecular formula is C12H12N2O. The molecule has 15 heavy (non-hydrogen) atoms. The molecule has 2 rings (SSSR count). The number of hydrogen-bond donors (Lipinski definition) is 2. The Bertz CT molecular complexity index is 483. The molecule has 0 atom stereocenters. The van der Waals surface area contributed by atoms with Gasteiger partial charge in [-0.1, -0.05) is 30.8 Å². The summed E-state index contributed by atoms with van der Waals surface area (Å²) in [4.78, 5) is 7.34. The molecule has 1 heterocycles. The minimum absolute atomic E-state index is 0.0831. The zero-order valence-corrected chi connectivity index (χ0v) is 8.49. The average Bonchev–Trinajstić information content (AvgIpc) is 2.65. The standard InChI is InChI=1S/C12H12N2O/c1-8(15)10-3-5-11(6-4-10)12-7-13-9(2)14-12/h3-7,15H,1H2,2H3,(H,13,14). The van der Waals surface area contributed by atoms with E-state index >= 15 is 0 Å². The zero-order chi connectivity index (χ0) is 10.8. The van der Waals surface area contributed by atoms with Crippen LogP contribution in [0.3, 0.4) is 0 Å². The Hall–Kier alpha value is -2.03. The summed E-state index contributed by atoms with van der Waals surface area (Å²) in [5, 5.41) is 9.17. The molecule has 0 radical (unpaired) electrons. The Morgan fingerprint density at radius 3 is 2.47 bits per heavy atom. The van der Waals surface area contributed by atoms with Crippen LogP contribution in [0.25, 0.3) is 17.0 Å². The number of aliphatic hydroxyl groups excluding tert-OH is 1. The summed E-state index contributed by atoms with van der Waals surface area (Å²) in [5.74, 6) is 0.973. The highest BCUT2D eigenvalue weighted by atomic mass is 16.3.